The zero-order valence-corrected chi connectivity index (χ0v) is 6.67. The molecule has 1 atom stereocenters. The molecule has 11 heavy (non-hydrogen) atoms. The molecule has 1 aliphatic rings. The SMILES string of the molecule is C=CC1CC/C(=C/C)C(=O)O1. The summed E-state index contributed by atoms with van der Waals surface area (Å²) in [5.41, 5.74) is 0.781. The van der Waals surface area contributed by atoms with Gasteiger partial charge in [-0.3, -0.25) is 0 Å². The van der Waals surface area contributed by atoms with Crippen LogP contribution in [0.3, 0.4) is 0 Å². The fourth-order valence-corrected chi connectivity index (χ4v) is 1.10. The third kappa shape index (κ3) is 1.70. The summed E-state index contributed by atoms with van der Waals surface area (Å²) in [7, 11) is 0. The van der Waals surface area contributed by atoms with Crippen LogP contribution in [-0.4, -0.2) is 12.1 Å². The maximum atomic E-state index is 11.1. The Bertz CT molecular complexity index is 204. The molecule has 0 spiro atoms. The number of carbonyl (C=O) groups is 1. The molecule has 1 heterocycles. The van der Waals surface area contributed by atoms with Crippen molar-refractivity contribution >= 4 is 5.97 Å². The Morgan fingerprint density at radius 1 is 1.73 bits per heavy atom. The highest BCUT2D eigenvalue weighted by molar-refractivity contribution is 5.89. The number of carbonyl (C=O) groups excluding carboxylic acids is 1. The second-order valence-electron chi connectivity index (χ2n) is 2.53. The van der Waals surface area contributed by atoms with Crippen molar-refractivity contribution in [3.63, 3.8) is 0 Å². The fourth-order valence-electron chi connectivity index (χ4n) is 1.10. The second kappa shape index (κ2) is 3.37. The summed E-state index contributed by atoms with van der Waals surface area (Å²) in [6.07, 6.45) is 5.08. The predicted molar refractivity (Wildman–Crippen MR) is 43.1 cm³/mol. The highest BCUT2D eigenvalue weighted by atomic mass is 16.5. The van der Waals surface area contributed by atoms with Gasteiger partial charge in [0.05, 0.1) is 0 Å². The molecule has 0 aromatic heterocycles. The summed E-state index contributed by atoms with van der Waals surface area (Å²) in [5, 5.41) is 0. The number of esters is 1. The van der Waals surface area contributed by atoms with Crippen molar-refractivity contribution in [3.05, 3.63) is 24.3 Å². The number of cyclic esters (lactones) is 1. The molecule has 0 bridgehead atoms. The van der Waals surface area contributed by atoms with Gasteiger partial charge < -0.3 is 4.74 Å². The summed E-state index contributed by atoms with van der Waals surface area (Å²) in [6.45, 7) is 5.42. The van der Waals surface area contributed by atoms with Crippen LogP contribution in [0.25, 0.3) is 0 Å². The minimum atomic E-state index is -0.191. The Morgan fingerprint density at radius 3 is 2.91 bits per heavy atom. The molecule has 0 saturated carbocycles. The van der Waals surface area contributed by atoms with Crippen molar-refractivity contribution in [1.29, 1.82) is 0 Å². The normalized spacial score (nSPS) is 28.3. The van der Waals surface area contributed by atoms with Gasteiger partial charge in [0, 0.05) is 5.57 Å². The Morgan fingerprint density at radius 2 is 2.45 bits per heavy atom. The second-order valence-corrected chi connectivity index (χ2v) is 2.53. The average Bonchev–Trinajstić information content (AvgIpc) is 2.04. The van der Waals surface area contributed by atoms with E-state index < -0.39 is 0 Å². The molecule has 1 rings (SSSR count). The lowest BCUT2D eigenvalue weighted by atomic mass is 10.0. The molecular formula is C9H12O2. The summed E-state index contributed by atoms with van der Waals surface area (Å²) in [6, 6.07) is 0. The fraction of sp³-hybridized carbons (Fsp3) is 0.444. The molecule has 2 nitrogen and oxygen atoms in total. The average molecular weight is 152 g/mol. The van der Waals surface area contributed by atoms with Gasteiger partial charge in [-0.1, -0.05) is 18.7 Å². The van der Waals surface area contributed by atoms with E-state index in [4.69, 9.17) is 4.74 Å². The molecule has 1 unspecified atom stereocenters. The summed E-state index contributed by atoms with van der Waals surface area (Å²) < 4.78 is 5.01. The first kappa shape index (κ1) is 8.05. The van der Waals surface area contributed by atoms with E-state index in [-0.39, 0.29) is 12.1 Å². The lowest BCUT2D eigenvalue weighted by molar-refractivity contribution is -0.145. The smallest absolute Gasteiger partial charge is 0.334 e. The Kier molecular flexibility index (Phi) is 2.47. The molecule has 2 heteroatoms. The third-order valence-corrected chi connectivity index (χ3v) is 1.83. The van der Waals surface area contributed by atoms with Gasteiger partial charge in [-0.05, 0) is 19.8 Å². The topological polar surface area (TPSA) is 26.3 Å². The summed E-state index contributed by atoms with van der Waals surface area (Å²) >= 11 is 0. The van der Waals surface area contributed by atoms with Gasteiger partial charge in [0.25, 0.3) is 0 Å². The van der Waals surface area contributed by atoms with Gasteiger partial charge in [0.2, 0.25) is 0 Å². The number of rotatable bonds is 1. The van der Waals surface area contributed by atoms with E-state index >= 15 is 0 Å². The third-order valence-electron chi connectivity index (χ3n) is 1.83. The summed E-state index contributed by atoms with van der Waals surface area (Å²) in [5.74, 6) is -0.191. The number of ether oxygens (including phenoxy) is 1. The maximum absolute atomic E-state index is 11.1. The number of hydrogen-bond acceptors (Lipinski definition) is 2. The lowest BCUT2D eigenvalue weighted by Crippen LogP contribution is -2.23. The van der Waals surface area contributed by atoms with E-state index in [2.05, 4.69) is 6.58 Å². The summed E-state index contributed by atoms with van der Waals surface area (Å²) in [4.78, 5) is 11.1. The first-order valence-corrected chi connectivity index (χ1v) is 3.76. The quantitative estimate of drug-likeness (QED) is 0.325. The molecule has 0 aromatic carbocycles. The molecule has 1 saturated heterocycles. The van der Waals surface area contributed by atoms with E-state index in [9.17, 15) is 4.79 Å². The van der Waals surface area contributed by atoms with Crippen LogP contribution in [-0.2, 0) is 9.53 Å². The standard InChI is InChI=1S/C9H12O2/c1-3-7-5-6-8(4-2)11-9(7)10/h3-4,8H,2,5-6H2,1H3/b7-3-. The maximum Gasteiger partial charge on any atom is 0.334 e. The van der Waals surface area contributed by atoms with Crippen LogP contribution in [0, 0.1) is 0 Å². The minimum Gasteiger partial charge on any atom is -0.455 e. The van der Waals surface area contributed by atoms with Crippen molar-refractivity contribution in [2.45, 2.75) is 25.9 Å². The molecule has 0 N–H and O–H groups in total. The van der Waals surface area contributed by atoms with Crippen LogP contribution >= 0.6 is 0 Å². The highest BCUT2D eigenvalue weighted by Crippen LogP contribution is 2.19. The van der Waals surface area contributed by atoms with Gasteiger partial charge in [0.1, 0.15) is 6.10 Å². The Labute approximate surface area is 66.5 Å². The van der Waals surface area contributed by atoms with Crippen molar-refractivity contribution < 1.29 is 9.53 Å². The zero-order chi connectivity index (χ0) is 8.27. The van der Waals surface area contributed by atoms with Gasteiger partial charge in [-0.15, -0.1) is 0 Å². The van der Waals surface area contributed by atoms with E-state index in [0.29, 0.717) is 0 Å². The van der Waals surface area contributed by atoms with E-state index in [1.165, 1.54) is 0 Å². The number of hydrogen-bond donors (Lipinski definition) is 0. The number of allylic oxidation sites excluding steroid dienone is 1. The van der Waals surface area contributed by atoms with Crippen LogP contribution in [0.2, 0.25) is 0 Å². The molecule has 0 radical (unpaired) electrons. The van der Waals surface area contributed by atoms with Crippen LogP contribution < -0.4 is 0 Å². The molecule has 0 aromatic rings. The van der Waals surface area contributed by atoms with Crippen molar-refractivity contribution in [2.24, 2.45) is 0 Å². The van der Waals surface area contributed by atoms with Crippen LogP contribution in [0.4, 0.5) is 0 Å². The largest absolute Gasteiger partial charge is 0.455 e. The predicted octanol–water partition coefficient (Wildman–Crippen LogP) is 1.82. The van der Waals surface area contributed by atoms with E-state index in [1.54, 1.807) is 6.08 Å². The zero-order valence-electron chi connectivity index (χ0n) is 6.67. The van der Waals surface area contributed by atoms with Gasteiger partial charge in [-0.2, -0.15) is 0 Å². The van der Waals surface area contributed by atoms with Crippen LogP contribution in [0.5, 0.6) is 0 Å². The van der Waals surface area contributed by atoms with Crippen molar-refractivity contribution in [1.82, 2.24) is 0 Å². The molecule has 1 aliphatic heterocycles. The first-order chi connectivity index (χ1) is 5.27. The molecular weight excluding hydrogens is 140 g/mol. The first-order valence-electron chi connectivity index (χ1n) is 3.76. The molecule has 0 aliphatic carbocycles. The Hall–Kier alpha value is -1.05. The lowest BCUT2D eigenvalue weighted by Gasteiger charge is -2.20. The Balaban J connectivity index is 2.61. The van der Waals surface area contributed by atoms with E-state index in [0.717, 1.165) is 18.4 Å². The molecule has 60 valence electrons. The highest BCUT2D eigenvalue weighted by Gasteiger charge is 2.21. The van der Waals surface area contributed by atoms with Crippen LogP contribution in [0.1, 0.15) is 19.8 Å². The van der Waals surface area contributed by atoms with Crippen molar-refractivity contribution in [2.75, 3.05) is 0 Å². The van der Waals surface area contributed by atoms with E-state index in [1.807, 2.05) is 13.0 Å². The van der Waals surface area contributed by atoms with Gasteiger partial charge in [-0.25, -0.2) is 4.79 Å². The monoisotopic (exact) mass is 152 g/mol. The van der Waals surface area contributed by atoms with Gasteiger partial charge in [0.15, 0.2) is 0 Å². The van der Waals surface area contributed by atoms with Gasteiger partial charge >= 0.3 is 5.97 Å². The van der Waals surface area contributed by atoms with Crippen molar-refractivity contribution in [3.8, 4) is 0 Å². The van der Waals surface area contributed by atoms with Crippen LogP contribution in [0.15, 0.2) is 24.3 Å². The molecule has 0 amide bonds. The molecule has 1 fully saturated rings. The minimum absolute atomic E-state index is 0.0776.